The average Bonchev–Trinajstić information content (AvgIpc) is 2.79. The normalized spacial score (nSPS) is 22.0. The number of nitrogens with zero attached hydrogens (tertiary/aromatic N) is 1. The summed E-state index contributed by atoms with van der Waals surface area (Å²) in [7, 11) is 0. The number of likely N-dealkylation sites (tertiary alicyclic amines) is 1. The zero-order chi connectivity index (χ0) is 16.5. The molecule has 1 saturated heterocycles. The Morgan fingerprint density at radius 3 is 2.41 bits per heavy atom. The second kappa shape index (κ2) is 6.20. The highest BCUT2D eigenvalue weighted by molar-refractivity contribution is 5.69. The molecule has 1 N–H and O–H groups in total. The van der Waals surface area contributed by atoms with Gasteiger partial charge in [-0.3, -0.25) is 0 Å². The van der Waals surface area contributed by atoms with Gasteiger partial charge < -0.3 is 14.7 Å². The number of halogens is 2. The maximum Gasteiger partial charge on any atom is 0.410 e. The van der Waals surface area contributed by atoms with Crippen LogP contribution in [0.3, 0.4) is 0 Å². The lowest BCUT2D eigenvalue weighted by molar-refractivity contribution is 0.0174. The van der Waals surface area contributed by atoms with E-state index in [1.807, 2.05) is 0 Å². The maximum absolute atomic E-state index is 13.3. The zero-order valence-corrected chi connectivity index (χ0v) is 13.0. The van der Waals surface area contributed by atoms with Crippen molar-refractivity contribution < 1.29 is 23.4 Å². The van der Waals surface area contributed by atoms with Crippen LogP contribution in [0, 0.1) is 11.6 Å². The van der Waals surface area contributed by atoms with E-state index in [0.29, 0.717) is 12.0 Å². The summed E-state index contributed by atoms with van der Waals surface area (Å²) < 4.78 is 32.0. The Balaban J connectivity index is 2.16. The van der Waals surface area contributed by atoms with Crippen LogP contribution in [0.5, 0.6) is 0 Å². The Labute approximate surface area is 128 Å². The van der Waals surface area contributed by atoms with E-state index in [2.05, 4.69) is 0 Å². The number of aliphatic hydroxyl groups excluding tert-OH is 1. The van der Waals surface area contributed by atoms with E-state index in [4.69, 9.17) is 4.74 Å². The molecule has 0 aliphatic carbocycles. The van der Waals surface area contributed by atoms with Gasteiger partial charge in [0.05, 0.1) is 12.6 Å². The molecular weight excluding hydrogens is 292 g/mol. The van der Waals surface area contributed by atoms with Crippen molar-refractivity contribution >= 4 is 6.09 Å². The molecular formula is C16H21F2NO3. The fourth-order valence-corrected chi connectivity index (χ4v) is 2.69. The first-order valence-corrected chi connectivity index (χ1v) is 7.26. The van der Waals surface area contributed by atoms with E-state index in [1.54, 1.807) is 20.8 Å². The molecule has 1 aromatic rings. The molecule has 2 rings (SSSR count). The fourth-order valence-electron chi connectivity index (χ4n) is 2.69. The molecule has 0 radical (unpaired) electrons. The van der Waals surface area contributed by atoms with Gasteiger partial charge in [0.25, 0.3) is 0 Å². The third kappa shape index (κ3) is 3.94. The minimum atomic E-state index is -0.647. The largest absolute Gasteiger partial charge is 0.444 e. The smallest absolute Gasteiger partial charge is 0.410 e. The number of hydrogen-bond donors (Lipinski definition) is 1. The van der Waals surface area contributed by atoms with Crippen LogP contribution in [0.15, 0.2) is 18.2 Å². The standard InChI is InChI=1S/C16H21F2NO3/c1-16(2,3)22-15(21)19-8-11(6-14(19)9-20)10-4-12(17)7-13(18)5-10/h4-5,7,11,14,20H,6,8-9H2,1-3H3. The maximum atomic E-state index is 13.3. The predicted molar refractivity (Wildman–Crippen MR) is 77.5 cm³/mol. The summed E-state index contributed by atoms with van der Waals surface area (Å²) in [5.41, 5.74) is -0.151. The van der Waals surface area contributed by atoms with Gasteiger partial charge in [-0.25, -0.2) is 13.6 Å². The van der Waals surface area contributed by atoms with Gasteiger partial charge in [-0.1, -0.05) is 0 Å². The molecule has 22 heavy (non-hydrogen) atoms. The van der Waals surface area contributed by atoms with Crippen molar-refractivity contribution in [1.82, 2.24) is 4.90 Å². The van der Waals surface area contributed by atoms with Crippen molar-refractivity contribution in [3.05, 3.63) is 35.4 Å². The van der Waals surface area contributed by atoms with Gasteiger partial charge in [0.1, 0.15) is 17.2 Å². The van der Waals surface area contributed by atoms with Crippen LogP contribution in [0.2, 0.25) is 0 Å². The highest BCUT2D eigenvalue weighted by atomic mass is 19.1. The summed E-state index contributed by atoms with van der Waals surface area (Å²) in [6, 6.07) is 2.93. The summed E-state index contributed by atoms with van der Waals surface area (Å²) in [5.74, 6) is -1.52. The predicted octanol–water partition coefficient (Wildman–Crippen LogP) is 3.05. The highest BCUT2D eigenvalue weighted by Crippen LogP contribution is 2.33. The first kappa shape index (κ1) is 16.7. The van der Waals surface area contributed by atoms with Crippen molar-refractivity contribution in [1.29, 1.82) is 0 Å². The highest BCUT2D eigenvalue weighted by Gasteiger charge is 2.38. The number of aliphatic hydroxyl groups is 1. The van der Waals surface area contributed by atoms with Gasteiger partial charge in [-0.15, -0.1) is 0 Å². The van der Waals surface area contributed by atoms with Crippen LogP contribution >= 0.6 is 0 Å². The van der Waals surface area contributed by atoms with Gasteiger partial charge in [0.15, 0.2) is 0 Å². The molecule has 1 fully saturated rings. The molecule has 0 spiro atoms. The quantitative estimate of drug-likeness (QED) is 0.913. The van der Waals surface area contributed by atoms with Crippen LogP contribution < -0.4 is 0 Å². The van der Waals surface area contributed by atoms with E-state index >= 15 is 0 Å². The van der Waals surface area contributed by atoms with Crippen molar-refractivity contribution in [3.63, 3.8) is 0 Å². The molecule has 0 aromatic heterocycles. The van der Waals surface area contributed by atoms with Crippen molar-refractivity contribution in [3.8, 4) is 0 Å². The van der Waals surface area contributed by atoms with E-state index in [1.165, 1.54) is 17.0 Å². The Morgan fingerprint density at radius 2 is 1.91 bits per heavy atom. The van der Waals surface area contributed by atoms with E-state index in [-0.39, 0.29) is 19.1 Å². The Hall–Kier alpha value is -1.69. The molecule has 0 bridgehead atoms. The van der Waals surface area contributed by atoms with Crippen molar-refractivity contribution in [2.75, 3.05) is 13.2 Å². The Morgan fingerprint density at radius 1 is 1.32 bits per heavy atom. The SMILES string of the molecule is CC(C)(C)OC(=O)N1CC(c2cc(F)cc(F)c2)CC1CO. The summed E-state index contributed by atoms with van der Waals surface area (Å²) in [6.07, 6.45) is -0.0792. The second-order valence-corrected chi connectivity index (χ2v) is 6.60. The van der Waals surface area contributed by atoms with Crippen LogP contribution in [-0.4, -0.2) is 40.9 Å². The second-order valence-electron chi connectivity index (χ2n) is 6.60. The molecule has 4 nitrogen and oxygen atoms in total. The number of hydrogen-bond acceptors (Lipinski definition) is 3. The summed E-state index contributed by atoms with van der Waals surface area (Å²) in [6.45, 7) is 5.33. The molecule has 0 saturated carbocycles. The molecule has 6 heteroatoms. The van der Waals surface area contributed by atoms with Gasteiger partial charge in [0.2, 0.25) is 0 Å². The number of amides is 1. The molecule has 1 aliphatic heterocycles. The number of ether oxygens (including phenoxy) is 1. The lowest BCUT2D eigenvalue weighted by Crippen LogP contribution is -2.41. The molecule has 2 unspecified atom stereocenters. The third-order valence-corrected chi connectivity index (χ3v) is 3.61. The number of rotatable bonds is 2. The minimum Gasteiger partial charge on any atom is -0.444 e. The van der Waals surface area contributed by atoms with E-state index < -0.39 is 29.4 Å². The van der Waals surface area contributed by atoms with Crippen LogP contribution in [-0.2, 0) is 4.74 Å². The Bertz CT molecular complexity index is 537. The Kier molecular flexibility index (Phi) is 4.70. The monoisotopic (exact) mass is 313 g/mol. The molecule has 1 aromatic carbocycles. The summed E-state index contributed by atoms with van der Waals surface area (Å²) in [4.78, 5) is 13.6. The first-order chi connectivity index (χ1) is 10.2. The van der Waals surface area contributed by atoms with Crippen molar-refractivity contribution in [2.24, 2.45) is 0 Å². The first-order valence-electron chi connectivity index (χ1n) is 7.26. The van der Waals surface area contributed by atoms with E-state index in [0.717, 1.165) is 6.07 Å². The van der Waals surface area contributed by atoms with Gasteiger partial charge in [-0.05, 0) is 44.9 Å². The van der Waals surface area contributed by atoms with Crippen LogP contribution in [0.25, 0.3) is 0 Å². The molecule has 1 heterocycles. The summed E-state index contributed by atoms with van der Waals surface area (Å²) in [5, 5.41) is 9.46. The lowest BCUT2D eigenvalue weighted by atomic mass is 9.96. The number of benzene rings is 1. The molecule has 122 valence electrons. The average molecular weight is 313 g/mol. The molecule has 1 aliphatic rings. The van der Waals surface area contributed by atoms with Gasteiger partial charge in [0, 0.05) is 18.5 Å². The summed E-state index contributed by atoms with van der Waals surface area (Å²) >= 11 is 0. The third-order valence-electron chi connectivity index (χ3n) is 3.61. The topological polar surface area (TPSA) is 49.8 Å². The van der Waals surface area contributed by atoms with Gasteiger partial charge >= 0.3 is 6.09 Å². The van der Waals surface area contributed by atoms with Crippen LogP contribution in [0.1, 0.15) is 38.7 Å². The van der Waals surface area contributed by atoms with E-state index in [9.17, 15) is 18.7 Å². The molecule has 1 amide bonds. The van der Waals surface area contributed by atoms with Crippen LogP contribution in [0.4, 0.5) is 13.6 Å². The number of carbonyl (C=O) groups excluding carboxylic acids is 1. The molecule has 2 atom stereocenters. The van der Waals surface area contributed by atoms with Gasteiger partial charge in [-0.2, -0.15) is 0 Å². The number of carbonyl (C=O) groups is 1. The fraction of sp³-hybridized carbons (Fsp3) is 0.562. The van der Waals surface area contributed by atoms with Crippen molar-refractivity contribution in [2.45, 2.75) is 44.8 Å². The minimum absolute atomic E-state index is 0.215. The zero-order valence-electron chi connectivity index (χ0n) is 13.0. The lowest BCUT2D eigenvalue weighted by Gasteiger charge is -2.27.